The van der Waals surface area contributed by atoms with E-state index >= 15 is 0 Å². The van der Waals surface area contributed by atoms with Gasteiger partial charge < -0.3 is 5.11 Å². The smallest absolute Gasteiger partial charge is 0.127 e. The average Bonchev–Trinajstić information content (AvgIpc) is 2.94. The van der Waals surface area contributed by atoms with Gasteiger partial charge in [0.25, 0.3) is 0 Å². The molecule has 3 aromatic carbocycles. The third-order valence-electron chi connectivity index (χ3n) is 4.42. The first-order chi connectivity index (χ1) is 11.6. The molecule has 0 saturated carbocycles. The Bertz CT molecular complexity index is 976. The zero-order valence-corrected chi connectivity index (χ0v) is 15.4. The summed E-state index contributed by atoms with van der Waals surface area (Å²) in [5, 5.41) is 10.2. The quantitative estimate of drug-likeness (QED) is 0.328. The number of rotatable bonds is 2. The van der Waals surface area contributed by atoms with E-state index in [0.717, 1.165) is 26.8 Å². The maximum atomic E-state index is 10.2. The molecular weight excluding hydrogens is 409 g/mol. The summed E-state index contributed by atoms with van der Waals surface area (Å²) in [6.45, 7) is 1.90. The largest absolute Gasteiger partial charge is 0.507 e. The highest BCUT2D eigenvalue weighted by atomic mass is 127. The van der Waals surface area contributed by atoms with Crippen molar-refractivity contribution in [2.24, 2.45) is 4.99 Å². The van der Waals surface area contributed by atoms with Crippen molar-refractivity contribution < 1.29 is 5.11 Å². The summed E-state index contributed by atoms with van der Waals surface area (Å²) in [4.78, 5) is 4.57. The number of aryl methyl sites for hydroxylation is 1. The highest BCUT2D eigenvalue weighted by Crippen LogP contribution is 2.38. The Morgan fingerprint density at radius 3 is 2.67 bits per heavy atom. The van der Waals surface area contributed by atoms with Crippen LogP contribution in [0.15, 0.2) is 59.6 Å². The van der Waals surface area contributed by atoms with E-state index in [1.165, 1.54) is 22.3 Å². The molecule has 0 fully saturated rings. The molecule has 1 N–H and O–H groups in total. The van der Waals surface area contributed by atoms with Crippen LogP contribution in [0.2, 0.25) is 0 Å². The first kappa shape index (κ1) is 15.4. The van der Waals surface area contributed by atoms with Gasteiger partial charge in [0, 0.05) is 15.3 Å². The lowest BCUT2D eigenvalue weighted by atomic mass is 10.1. The van der Waals surface area contributed by atoms with E-state index in [2.05, 4.69) is 64.0 Å². The topological polar surface area (TPSA) is 32.6 Å². The second kappa shape index (κ2) is 6.06. The first-order valence-corrected chi connectivity index (χ1v) is 8.94. The van der Waals surface area contributed by atoms with Crippen LogP contribution >= 0.6 is 22.6 Å². The number of aliphatic imine (C=N–C) groups is 1. The summed E-state index contributed by atoms with van der Waals surface area (Å²) < 4.78 is 1.09. The summed E-state index contributed by atoms with van der Waals surface area (Å²) >= 11 is 2.25. The second-order valence-electron chi connectivity index (χ2n) is 6.09. The number of aromatic hydroxyl groups is 1. The Kier molecular flexibility index (Phi) is 3.88. The Morgan fingerprint density at radius 1 is 1.00 bits per heavy atom. The molecular formula is C21H16INO. The minimum Gasteiger partial charge on any atom is -0.507 e. The van der Waals surface area contributed by atoms with Crippen molar-refractivity contribution in [3.63, 3.8) is 0 Å². The van der Waals surface area contributed by atoms with E-state index in [9.17, 15) is 5.11 Å². The fraction of sp³-hybridized carbons (Fsp3) is 0.0952. The van der Waals surface area contributed by atoms with E-state index in [1.54, 1.807) is 6.21 Å². The summed E-state index contributed by atoms with van der Waals surface area (Å²) in [7, 11) is 0. The molecule has 1 aliphatic carbocycles. The van der Waals surface area contributed by atoms with Gasteiger partial charge in [-0.15, -0.1) is 0 Å². The summed E-state index contributed by atoms with van der Waals surface area (Å²) in [5.74, 6) is 0.299. The van der Waals surface area contributed by atoms with Crippen LogP contribution in [0.25, 0.3) is 11.1 Å². The van der Waals surface area contributed by atoms with Gasteiger partial charge in [0.05, 0.1) is 5.69 Å². The Balaban J connectivity index is 1.67. The predicted molar refractivity (Wildman–Crippen MR) is 107 cm³/mol. The highest BCUT2D eigenvalue weighted by molar-refractivity contribution is 14.1. The van der Waals surface area contributed by atoms with Crippen molar-refractivity contribution in [1.29, 1.82) is 0 Å². The molecule has 1 aliphatic rings. The molecule has 118 valence electrons. The monoisotopic (exact) mass is 425 g/mol. The van der Waals surface area contributed by atoms with Crippen LogP contribution in [0.1, 0.15) is 22.3 Å². The maximum absolute atomic E-state index is 10.2. The van der Waals surface area contributed by atoms with Crippen LogP contribution in [0.4, 0.5) is 5.69 Å². The molecule has 0 bridgehead atoms. The molecule has 0 radical (unpaired) electrons. The first-order valence-electron chi connectivity index (χ1n) is 7.86. The van der Waals surface area contributed by atoms with E-state index in [4.69, 9.17) is 0 Å². The molecule has 4 rings (SSSR count). The number of nitrogens with zero attached hydrogens (tertiary/aromatic N) is 1. The van der Waals surface area contributed by atoms with Crippen LogP contribution in [0.3, 0.4) is 0 Å². The molecule has 0 aliphatic heterocycles. The lowest BCUT2D eigenvalue weighted by Gasteiger charge is -2.05. The van der Waals surface area contributed by atoms with Crippen LogP contribution in [-0.2, 0) is 6.42 Å². The zero-order chi connectivity index (χ0) is 16.7. The van der Waals surface area contributed by atoms with Gasteiger partial charge in [0.15, 0.2) is 0 Å². The average molecular weight is 425 g/mol. The predicted octanol–water partition coefficient (Wildman–Crippen LogP) is 5.63. The Morgan fingerprint density at radius 2 is 1.79 bits per heavy atom. The molecule has 24 heavy (non-hydrogen) atoms. The number of phenolic OH excluding ortho intramolecular Hbond substituents is 1. The van der Waals surface area contributed by atoms with Gasteiger partial charge in [0.2, 0.25) is 0 Å². The summed E-state index contributed by atoms with van der Waals surface area (Å²) in [6.07, 6.45) is 2.71. The number of halogens is 1. The Labute approximate surface area is 155 Å². The van der Waals surface area contributed by atoms with E-state index in [-0.39, 0.29) is 0 Å². The molecule has 0 atom stereocenters. The number of phenols is 1. The second-order valence-corrected chi connectivity index (χ2v) is 7.34. The van der Waals surface area contributed by atoms with Gasteiger partial charge in [-0.25, -0.2) is 0 Å². The lowest BCUT2D eigenvalue weighted by molar-refractivity contribution is 0.470. The minimum atomic E-state index is 0.299. The van der Waals surface area contributed by atoms with Gasteiger partial charge in [-0.1, -0.05) is 30.3 Å². The highest BCUT2D eigenvalue weighted by Gasteiger charge is 2.17. The third kappa shape index (κ3) is 2.73. The molecule has 3 heteroatoms. The molecule has 2 nitrogen and oxygen atoms in total. The molecule has 0 amide bonds. The zero-order valence-electron chi connectivity index (χ0n) is 13.3. The summed E-state index contributed by atoms with van der Waals surface area (Å²) in [5.41, 5.74) is 7.85. The van der Waals surface area contributed by atoms with Crippen molar-refractivity contribution in [2.45, 2.75) is 13.3 Å². The molecule has 0 heterocycles. The number of hydrogen-bond donors (Lipinski definition) is 1. The number of benzene rings is 3. The number of fused-ring (bicyclic) bond motifs is 3. The van der Waals surface area contributed by atoms with Crippen molar-refractivity contribution in [2.75, 3.05) is 0 Å². The van der Waals surface area contributed by atoms with Crippen molar-refractivity contribution in [3.8, 4) is 16.9 Å². The van der Waals surface area contributed by atoms with E-state index in [1.807, 2.05) is 25.1 Å². The van der Waals surface area contributed by atoms with Crippen LogP contribution < -0.4 is 0 Å². The molecule has 3 aromatic rings. The van der Waals surface area contributed by atoms with Crippen molar-refractivity contribution >= 4 is 34.5 Å². The SMILES string of the molecule is Cc1cc(I)cc(C=Nc2ccc3c(c2)Cc2ccccc2-3)c1O. The molecule has 0 spiro atoms. The van der Waals surface area contributed by atoms with Gasteiger partial charge in [-0.05, 0) is 88.0 Å². The fourth-order valence-corrected chi connectivity index (χ4v) is 4.02. The third-order valence-corrected chi connectivity index (χ3v) is 5.05. The normalized spacial score (nSPS) is 12.4. The van der Waals surface area contributed by atoms with Gasteiger partial charge >= 0.3 is 0 Å². The van der Waals surface area contributed by atoms with Crippen LogP contribution in [0, 0.1) is 10.5 Å². The summed E-state index contributed by atoms with van der Waals surface area (Å²) in [6, 6.07) is 18.8. The molecule has 0 saturated heterocycles. The van der Waals surface area contributed by atoms with Crippen molar-refractivity contribution in [3.05, 3.63) is 80.4 Å². The standard InChI is InChI=1S/C21H16INO/c1-13-8-17(22)10-16(21(13)24)12-23-18-6-7-20-15(11-18)9-14-4-2-3-5-19(14)20/h2-8,10-12,24H,9H2,1H3. The maximum Gasteiger partial charge on any atom is 0.127 e. The van der Waals surface area contributed by atoms with Gasteiger partial charge in [-0.3, -0.25) is 4.99 Å². The van der Waals surface area contributed by atoms with Crippen LogP contribution in [0.5, 0.6) is 5.75 Å². The number of hydrogen-bond acceptors (Lipinski definition) is 2. The lowest BCUT2D eigenvalue weighted by Crippen LogP contribution is -1.88. The molecule has 0 aromatic heterocycles. The van der Waals surface area contributed by atoms with E-state index < -0.39 is 0 Å². The fourth-order valence-electron chi connectivity index (χ4n) is 3.22. The minimum absolute atomic E-state index is 0.299. The van der Waals surface area contributed by atoms with Crippen molar-refractivity contribution in [1.82, 2.24) is 0 Å². The van der Waals surface area contributed by atoms with Gasteiger partial charge in [-0.2, -0.15) is 0 Å². The molecule has 0 unspecified atom stereocenters. The Hall–Kier alpha value is -2.14. The van der Waals surface area contributed by atoms with Crippen LogP contribution in [-0.4, -0.2) is 11.3 Å². The van der Waals surface area contributed by atoms with E-state index in [0.29, 0.717) is 5.75 Å². The van der Waals surface area contributed by atoms with Gasteiger partial charge in [0.1, 0.15) is 5.75 Å².